The van der Waals surface area contributed by atoms with Crippen molar-refractivity contribution in [1.29, 1.82) is 0 Å². The number of allylic oxidation sites excluding steroid dienone is 1. The summed E-state index contributed by atoms with van der Waals surface area (Å²) in [6.45, 7) is 0. The van der Waals surface area contributed by atoms with E-state index in [9.17, 15) is 0 Å². The Bertz CT molecular complexity index is 1080. The van der Waals surface area contributed by atoms with Crippen molar-refractivity contribution >= 4 is 11.6 Å². The average Bonchev–Trinajstić information content (AvgIpc) is 2.78. The van der Waals surface area contributed by atoms with Gasteiger partial charge >= 0.3 is 11.5 Å². The van der Waals surface area contributed by atoms with Gasteiger partial charge in [-0.2, -0.15) is 0 Å². The van der Waals surface area contributed by atoms with Crippen molar-refractivity contribution < 1.29 is 33.3 Å². The van der Waals surface area contributed by atoms with E-state index in [-0.39, 0.29) is 0 Å². The van der Waals surface area contributed by atoms with Crippen molar-refractivity contribution in [2.45, 2.75) is 44.9 Å². The predicted molar refractivity (Wildman–Crippen MR) is 112 cm³/mol. The van der Waals surface area contributed by atoms with Gasteiger partial charge in [-0.1, -0.05) is 60.7 Å². The van der Waals surface area contributed by atoms with Crippen LogP contribution in [0.4, 0.5) is 0 Å². The quantitative estimate of drug-likeness (QED) is 0.554. The van der Waals surface area contributed by atoms with E-state index < -0.39 is 10.2 Å². The number of fused-ring (bicyclic) bond motifs is 2. The molecule has 0 saturated heterocycles. The van der Waals surface area contributed by atoms with Crippen LogP contribution < -0.4 is 18.6 Å². The molecular weight excluding hydrogens is 428 g/mol. The van der Waals surface area contributed by atoms with Gasteiger partial charge in [0.2, 0.25) is 0 Å². The first kappa shape index (κ1) is 22.6. The number of hydrogen-bond acceptors (Lipinski definition) is 4. The molecule has 0 bridgehead atoms. The van der Waals surface area contributed by atoms with Gasteiger partial charge in [0.15, 0.2) is 0 Å². The Morgan fingerprint density at radius 2 is 1.28 bits per heavy atom. The molecule has 0 amide bonds. The second kappa shape index (κ2) is 9.94. The Labute approximate surface area is 190 Å². The number of rotatable bonds is 2. The van der Waals surface area contributed by atoms with Crippen LogP contribution in [-0.2, 0) is 19.3 Å². The van der Waals surface area contributed by atoms with Gasteiger partial charge in [0.05, 0.1) is 23.1 Å². The summed E-state index contributed by atoms with van der Waals surface area (Å²) in [6.07, 6.45) is 10.5. The highest BCUT2D eigenvalue weighted by atomic mass is 35.7. The highest BCUT2D eigenvalue weighted by molar-refractivity contribution is 5.85. The van der Waals surface area contributed by atoms with E-state index in [0.29, 0.717) is 0 Å². The zero-order valence-electron chi connectivity index (χ0n) is 17.7. The maximum atomic E-state index is 8.49. The molecule has 0 atom stereocenters. The molecular formula is C26H25ClO5. The van der Waals surface area contributed by atoms with E-state index in [4.69, 9.17) is 23.1 Å². The lowest BCUT2D eigenvalue weighted by Crippen LogP contribution is -2.68. The third-order valence-electron chi connectivity index (χ3n) is 5.89. The van der Waals surface area contributed by atoms with Crippen LogP contribution in [0, 0.1) is 10.2 Å². The van der Waals surface area contributed by atoms with E-state index >= 15 is 0 Å². The molecule has 0 radical (unpaired) electrons. The molecule has 1 heterocycles. The molecule has 0 unspecified atom stereocenters. The molecule has 166 valence electrons. The number of benzene rings is 2. The summed E-state index contributed by atoms with van der Waals surface area (Å²) in [4.78, 5) is 0. The molecule has 0 spiro atoms. The summed E-state index contributed by atoms with van der Waals surface area (Å²) in [7, 11) is -4.94. The van der Waals surface area contributed by atoms with Gasteiger partial charge in [0.1, 0.15) is 0 Å². The first-order chi connectivity index (χ1) is 15.4. The highest BCUT2D eigenvalue weighted by Crippen LogP contribution is 2.43. The molecule has 5 nitrogen and oxygen atoms in total. The fourth-order valence-electron chi connectivity index (χ4n) is 4.64. The predicted octanol–water partition coefficient (Wildman–Crippen LogP) is 2.23. The standard InChI is InChI=1S/C26H25O.ClHO4/c1-3-10-19(11-4-1)18-21-14-9-16-23-25(20-12-5-2-6-13-20)22-15-7-8-17-24(22)27-26(21)23;2-1(3,4)5/h1-6,10-13,18H,7-9,14-17H2;(H,2,3,4,5)/q+1;/p-1/b21-18+;. The molecule has 2 aromatic carbocycles. The van der Waals surface area contributed by atoms with Crippen LogP contribution in [0.3, 0.4) is 0 Å². The van der Waals surface area contributed by atoms with Gasteiger partial charge in [0.25, 0.3) is 0 Å². The Morgan fingerprint density at radius 3 is 1.97 bits per heavy atom. The van der Waals surface area contributed by atoms with Crippen LogP contribution in [0.25, 0.3) is 22.8 Å². The number of aryl methyl sites for hydroxylation is 1. The Hall–Kier alpha value is -2.54. The minimum Gasteiger partial charge on any atom is -0.222 e. The molecule has 6 heteroatoms. The van der Waals surface area contributed by atoms with E-state index in [1.165, 1.54) is 58.4 Å². The van der Waals surface area contributed by atoms with E-state index in [1.807, 2.05) is 0 Å². The van der Waals surface area contributed by atoms with Crippen molar-refractivity contribution in [3.8, 4) is 11.1 Å². The van der Waals surface area contributed by atoms with Crippen molar-refractivity contribution in [3.63, 3.8) is 0 Å². The van der Waals surface area contributed by atoms with Crippen molar-refractivity contribution in [2.75, 3.05) is 0 Å². The lowest BCUT2D eigenvalue weighted by Gasteiger charge is -2.20. The van der Waals surface area contributed by atoms with Crippen LogP contribution in [0.1, 0.15) is 53.9 Å². The third-order valence-corrected chi connectivity index (χ3v) is 5.89. The number of halogens is 1. The zero-order valence-corrected chi connectivity index (χ0v) is 18.5. The first-order valence-corrected chi connectivity index (χ1v) is 12.1. The van der Waals surface area contributed by atoms with Gasteiger partial charge in [0, 0.05) is 5.56 Å². The van der Waals surface area contributed by atoms with Crippen LogP contribution in [0.15, 0.2) is 65.1 Å². The maximum absolute atomic E-state index is 8.49. The molecule has 32 heavy (non-hydrogen) atoms. The average molecular weight is 453 g/mol. The summed E-state index contributed by atoms with van der Waals surface area (Å²) < 4.78 is 40.6. The Kier molecular flexibility index (Phi) is 7.04. The normalized spacial score (nSPS) is 16.6. The second-order valence-corrected chi connectivity index (χ2v) is 8.83. The molecule has 2 aliphatic carbocycles. The molecule has 3 aromatic rings. The monoisotopic (exact) mass is 452 g/mol. The maximum Gasteiger partial charge on any atom is 0.359 e. The van der Waals surface area contributed by atoms with E-state index in [1.54, 1.807) is 0 Å². The fourth-order valence-corrected chi connectivity index (χ4v) is 4.64. The second-order valence-electron chi connectivity index (χ2n) is 8.07. The summed E-state index contributed by atoms with van der Waals surface area (Å²) in [5.41, 5.74) is 8.32. The largest absolute Gasteiger partial charge is 0.359 e. The minimum absolute atomic E-state index is 1.07. The minimum atomic E-state index is -4.94. The van der Waals surface area contributed by atoms with Crippen molar-refractivity contribution in [2.24, 2.45) is 0 Å². The first-order valence-electron chi connectivity index (χ1n) is 10.8. The smallest absolute Gasteiger partial charge is 0.222 e. The van der Waals surface area contributed by atoms with E-state index in [2.05, 4.69) is 66.7 Å². The van der Waals surface area contributed by atoms with Gasteiger partial charge in [-0.15, -0.1) is 10.2 Å². The zero-order chi connectivity index (χ0) is 22.6. The number of hydrogen-bond donors (Lipinski definition) is 0. The van der Waals surface area contributed by atoms with Crippen LogP contribution in [0.2, 0.25) is 0 Å². The molecule has 5 rings (SSSR count). The molecule has 1 aromatic heterocycles. The van der Waals surface area contributed by atoms with Gasteiger partial charge in [-0.25, -0.2) is 23.1 Å². The third kappa shape index (κ3) is 5.63. The van der Waals surface area contributed by atoms with Gasteiger partial charge < -0.3 is 0 Å². The fraction of sp³-hybridized carbons (Fsp3) is 0.269. The van der Waals surface area contributed by atoms with Crippen molar-refractivity contribution in [3.05, 3.63) is 88.9 Å². The van der Waals surface area contributed by atoms with E-state index in [0.717, 1.165) is 31.4 Å². The molecule has 0 N–H and O–H groups in total. The van der Waals surface area contributed by atoms with Crippen molar-refractivity contribution in [1.82, 2.24) is 0 Å². The van der Waals surface area contributed by atoms with Gasteiger partial charge in [-0.3, -0.25) is 0 Å². The van der Waals surface area contributed by atoms with Crippen LogP contribution >= 0.6 is 0 Å². The Balaban J connectivity index is 0.000000444. The Morgan fingerprint density at radius 1 is 0.688 bits per heavy atom. The summed E-state index contributed by atoms with van der Waals surface area (Å²) in [5.74, 6) is 2.37. The van der Waals surface area contributed by atoms with Gasteiger partial charge in [-0.05, 0) is 55.7 Å². The van der Waals surface area contributed by atoms with Crippen LogP contribution in [0.5, 0.6) is 0 Å². The summed E-state index contributed by atoms with van der Waals surface area (Å²) in [6, 6.07) is 21.6. The molecule has 0 fully saturated rings. The SMILES string of the molecule is C(=C1/CCCc2c1[o+]c1c(c2-c2ccccc2)CCCC1)/c1ccccc1.[O-][Cl+3]([O-])([O-])[O-]. The van der Waals surface area contributed by atoms with Crippen LogP contribution in [-0.4, -0.2) is 0 Å². The highest BCUT2D eigenvalue weighted by Gasteiger charge is 2.35. The summed E-state index contributed by atoms with van der Waals surface area (Å²) >= 11 is 0. The topological polar surface area (TPSA) is 104 Å². The lowest BCUT2D eigenvalue weighted by molar-refractivity contribution is -2.00. The molecule has 0 saturated carbocycles. The lowest BCUT2D eigenvalue weighted by atomic mass is 9.81. The molecule has 0 aliphatic heterocycles. The molecule has 2 aliphatic rings. The summed E-state index contributed by atoms with van der Waals surface area (Å²) in [5, 5.41) is 0.